The van der Waals surface area contributed by atoms with Crippen molar-refractivity contribution >= 4 is 23.2 Å². The fourth-order valence-corrected chi connectivity index (χ4v) is 4.66. The van der Waals surface area contributed by atoms with Crippen LogP contribution in [-0.4, -0.2) is 21.9 Å². The predicted molar refractivity (Wildman–Crippen MR) is 123 cm³/mol. The van der Waals surface area contributed by atoms with Crippen LogP contribution in [0.25, 0.3) is 5.70 Å². The molecule has 2 unspecified atom stereocenters. The maximum absolute atomic E-state index is 15.1. The van der Waals surface area contributed by atoms with Gasteiger partial charge in [-0.3, -0.25) is 0 Å². The number of aromatic nitrogens is 3. The van der Waals surface area contributed by atoms with Crippen LogP contribution in [0.2, 0.25) is 5.02 Å². The zero-order valence-corrected chi connectivity index (χ0v) is 18.3. The van der Waals surface area contributed by atoms with E-state index in [2.05, 4.69) is 15.4 Å². The zero-order chi connectivity index (χ0) is 22.5. The number of hydrogen-bond donors (Lipinski definition) is 1. The average Bonchev–Trinajstić information content (AvgIpc) is 3.31. The molecule has 6 rings (SSSR count). The minimum atomic E-state index is -0.570. The van der Waals surface area contributed by atoms with E-state index < -0.39 is 12.1 Å². The van der Waals surface area contributed by atoms with Crippen molar-refractivity contribution in [2.24, 2.45) is 0 Å². The largest absolute Gasteiger partial charge is 0.497 e. The van der Waals surface area contributed by atoms with E-state index in [1.165, 1.54) is 12.4 Å². The molecule has 0 aliphatic carbocycles. The van der Waals surface area contributed by atoms with Crippen molar-refractivity contribution in [2.45, 2.75) is 12.1 Å². The number of ether oxygens (including phenoxy) is 2. The van der Waals surface area contributed by atoms with Gasteiger partial charge in [0, 0.05) is 21.7 Å². The zero-order valence-electron chi connectivity index (χ0n) is 17.5. The molecule has 4 aromatic rings. The number of rotatable bonds is 3. The number of nitrogens with one attached hydrogen (secondary N) is 1. The maximum Gasteiger partial charge on any atom is 0.226 e. The molecule has 6 nitrogen and oxygen atoms in total. The number of methoxy groups -OCH3 is 1. The number of benzene rings is 3. The lowest BCUT2D eigenvalue weighted by Crippen LogP contribution is -2.32. The van der Waals surface area contributed by atoms with Gasteiger partial charge in [-0.15, -0.1) is 0 Å². The monoisotopic (exact) mass is 460 g/mol. The molecule has 0 fully saturated rings. The highest BCUT2D eigenvalue weighted by molar-refractivity contribution is 6.30. The Kier molecular flexibility index (Phi) is 4.58. The summed E-state index contributed by atoms with van der Waals surface area (Å²) in [5.74, 6) is 1.60. The van der Waals surface area contributed by atoms with Gasteiger partial charge in [0.2, 0.25) is 5.95 Å². The van der Waals surface area contributed by atoms with Crippen molar-refractivity contribution in [2.75, 3.05) is 12.4 Å². The lowest BCUT2D eigenvalue weighted by molar-refractivity contribution is 0.222. The Morgan fingerprint density at radius 3 is 2.70 bits per heavy atom. The number of fused-ring (bicyclic) bond motifs is 3. The molecule has 0 amide bonds. The van der Waals surface area contributed by atoms with Crippen molar-refractivity contribution in [3.63, 3.8) is 0 Å². The van der Waals surface area contributed by atoms with Gasteiger partial charge in [-0.2, -0.15) is 10.1 Å². The molecule has 0 spiro atoms. The van der Waals surface area contributed by atoms with Gasteiger partial charge >= 0.3 is 0 Å². The lowest BCUT2D eigenvalue weighted by atomic mass is 9.84. The van der Waals surface area contributed by atoms with Gasteiger partial charge in [0.25, 0.3) is 0 Å². The summed E-state index contributed by atoms with van der Waals surface area (Å²) in [7, 11) is 1.62. The normalized spacial score (nSPS) is 18.5. The van der Waals surface area contributed by atoms with Crippen LogP contribution in [0.5, 0.6) is 11.5 Å². The first-order valence-corrected chi connectivity index (χ1v) is 10.8. The molecular formula is C25H18ClFN4O2. The van der Waals surface area contributed by atoms with Crippen LogP contribution < -0.4 is 14.8 Å². The van der Waals surface area contributed by atoms with Crippen molar-refractivity contribution < 1.29 is 13.9 Å². The van der Waals surface area contributed by atoms with E-state index >= 15 is 4.39 Å². The molecule has 3 heterocycles. The second kappa shape index (κ2) is 7.64. The lowest BCUT2D eigenvalue weighted by Gasteiger charge is -2.39. The predicted octanol–water partition coefficient (Wildman–Crippen LogP) is 5.64. The first-order valence-electron chi connectivity index (χ1n) is 10.4. The van der Waals surface area contributed by atoms with Crippen LogP contribution in [0.1, 0.15) is 28.8 Å². The number of nitrogens with zero attached hydrogens (tertiary/aromatic N) is 3. The first-order chi connectivity index (χ1) is 16.1. The fraction of sp³-hybridized carbons (Fsp3) is 0.120. The summed E-state index contributed by atoms with van der Waals surface area (Å²) in [6, 6.07) is 19.3. The van der Waals surface area contributed by atoms with E-state index in [1.807, 2.05) is 42.5 Å². The standard InChI is InChI=1S/C25H18ClFN4O2/c1-32-16-9-6-14(7-10-16)24-21-22(18-12-15(26)8-11-20(18)33-24)30-25-28-13-29-31(25)23(21)17-4-2-3-5-19(17)27/h2-13,23-24H,1H3,(H,28,29,30). The van der Waals surface area contributed by atoms with Crippen LogP contribution in [0.4, 0.5) is 10.3 Å². The highest BCUT2D eigenvalue weighted by atomic mass is 35.5. The topological polar surface area (TPSA) is 61.2 Å². The fourth-order valence-electron chi connectivity index (χ4n) is 4.49. The molecule has 1 N–H and O–H groups in total. The molecule has 164 valence electrons. The smallest absolute Gasteiger partial charge is 0.226 e. The number of halogens is 2. The molecule has 0 saturated carbocycles. The van der Waals surface area contributed by atoms with Crippen LogP contribution in [0, 0.1) is 5.82 Å². The van der Waals surface area contributed by atoms with E-state index in [4.69, 9.17) is 21.1 Å². The Morgan fingerprint density at radius 1 is 1.09 bits per heavy atom. The molecular weight excluding hydrogens is 443 g/mol. The molecule has 2 atom stereocenters. The molecule has 33 heavy (non-hydrogen) atoms. The quantitative estimate of drug-likeness (QED) is 0.428. The van der Waals surface area contributed by atoms with E-state index in [0.717, 1.165) is 28.1 Å². The van der Waals surface area contributed by atoms with Gasteiger partial charge in [-0.25, -0.2) is 9.07 Å². The SMILES string of the molecule is COc1ccc(C2Oc3ccc(Cl)cc3C3=C2C(c2ccccc2F)n2ncnc2N3)cc1. The van der Waals surface area contributed by atoms with Gasteiger partial charge in [0.15, 0.2) is 0 Å². The van der Waals surface area contributed by atoms with Gasteiger partial charge < -0.3 is 14.8 Å². The Labute approximate surface area is 194 Å². The molecule has 3 aromatic carbocycles. The third kappa shape index (κ3) is 3.15. The van der Waals surface area contributed by atoms with Crippen molar-refractivity contribution in [3.05, 3.63) is 106 Å². The Balaban J connectivity index is 1.63. The molecule has 0 radical (unpaired) electrons. The van der Waals surface area contributed by atoms with Crippen molar-refractivity contribution in [1.29, 1.82) is 0 Å². The number of hydrogen-bond acceptors (Lipinski definition) is 5. The third-order valence-electron chi connectivity index (χ3n) is 5.99. The van der Waals surface area contributed by atoms with Gasteiger partial charge in [-0.1, -0.05) is 41.9 Å². The Morgan fingerprint density at radius 2 is 1.91 bits per heavy atom. The van der Waals surface area contributed by atoms with Crippen LogP contribution in [-0.2, 0) is 0 Å². The molecule has 2 aliphatic rings. The van der Waals surface area contributed by atoms with Crippen LogP contribution in [0.3, 0.4) is 0 Å². The molecule has 2 aliphatic heterocycles. The molecule has 8 heteroatoms. The van der Waals surface area contributed by atoms with E-state index in [9.17, 15) is 0 Å². The molecule has 1 aromatic heterocycles. The summed E-state index contributed by atoms with van der Waals surface area (Å²) in [4.78, 5) is 4.36. The summed E-state index contributed by atoms with van der Waals surface area (Å²) in [5.41, 5.74) is 3.77. The summed E-state index contributed by atoms with van der Waals surface area (Å²) >= 11 is 6.34. The average molecular weight is 461 g/mol. The van der Waals surface area contributed by atoms with Crippen molar-refractivity contribution in [1.82, 2.24) is 14.8 Å². The summed E-state index contributed by atoms with van der Waals surface area (Å²) in [6.07, 6.45) is 0.950. The second-order valence-corrected chi connectivity index (χ2v) is 8.26. The van der Waals surface area contributed by atoms with Gasteiger partial charge in [-0.05, 0) is 42.0 Å². The summed E-state index contributed by atoms with van der Waals surface area (Å²) < 4.78 is 28.7. The minimum absolute atomic E-state index is 0.330. The van der Waals surface area contributed by atoms with E-state index in [1.54, 1.807) is 30.0 Å². The minimum Gasteiger partial charge on any atom is -0.497 e. The number of anilines is 1. The van der Waals surface area contributed by atoms with Crippen molar-refractivity contribution in [3.8, 4) is 11.5 Å². The Bertz CT molecular complexity index is 1400. The summed E-state index contributed by atoms with van der Waals surface area (Å²) in [6.45, 7) is 0. The van der Waals surface area contributed by atoms with Crippen LogP contribution >= 0.6 is 11.6 Å². The summed E-state index contributed by atoms with van der Waals surface area (Å²) in [5, 5.41) is 8.38. The van der Waals surface area contributed by atoms with Gasteiger partial charge in [0.05, 0.1) is 12.8 Å². The molecule has 0 bridgehead atoms. The van der Waals surface area contributed by atoms with Gasteiger partial charge in [0.1, 0.15) is 35.8 Å². The highest BCUT2D eigenvalue weighted by Crippen LogP contribution is 2.51. The maximum atomic E-state index is 15.1. The highest BCUT2D eigenvalue weighted by Gasteiger charge is 2.41. The molecule has 0 saturated heterocycles. The third-order valence-corrected chi connectivity index (χ3v) is 6.23. The van der Waals surface area contributed by atoms with Crippen LogP contribution in [0.15, 0.2) is 78.6 Å². The first kappa shape index (κ1) is 19.8. The second-order valence-electron chi connectivity index (χ2n) is 7.82. The van der Waals surface area contributed by atoms with E-state index in [-0.39, 0.29) is 5.82 Å². The Hall–Kier alpha value is -3.84. The van der Waals surface area contributed by atoms with E-state index in [0.29, 0.717) is 22.3 Å².